The molecule has 0 unspecified atom stereocenters. The van der Waals surface area contributed by atoms with E-state index in [1.807, 2.05) is 21.3 Å². The van der Waals surface area contributed by atoms with Crippen molar-refractivity contribution in [1.29, 1.82) is 0 Å². The fourth-order valence-electron chi connectivity index (χ4n) is 0. The van der Waals surface area contributed by atoms with Gasteiger partial charge in [-0.1, -0.05) is 0 Å². The summed E-state index contributed by atoms with van der Waals surface area (Å²) in [4.78, 5) is 0. The van der Waals surface area contributed by atoms with Crippen molar-refractivity contribution in [2.45, 2.75) is 0 Å². The van der Waals surface area contributed by atoms with E-state index in [4.69, 9.17) is 0 Å². The summed E-state index contributed by atoms with van der Waals surface area (Å²) in [7, 11) is 5.75. The monoisotopic (exact) mass is 78.1 g/mol. The topological polar surface area (TPSA) is 32.7 Å². The van der Waals surface area contributed by atoms with Gasteiger partial charge in [-0.2, -0.15) is 0 Å². The van der Waals surface area contributed by atoms with Crippen LogP contribution in [-0.2, 0) is 4.37 Å². The first kappa shape index (κ1) is 8.87. The minimum atomic E-state index is 0. The van der Waals surface area contributed by atoms with E-state index in [1.165, 1.54) is 0 Å². The molecule has 0 aliphatic carbocycles. The molecule has 0 radical (unpaired) electrons. The van der Waals surface area contributed by atoms with Crippen LogP contribution in [0, 0.1) is 0 Å². The second-order valence-corrected chi connectivity index (χ2v) is 1.22. The van der Waals surface area contributed by atoms with Gasteiger partial charge in [-0.3, -0.25) is 0 Å². The van der Waals surface area contributed by atoms with Crippen LogP contribution in [0.15, 0.2) is 0 Å². The van der Waals surface area contributed by atoms with Crippen molar-refractivity contribution < 1.29 is 9.84 Å². The Morgan fingerprint density at radius 1 is 1.00 bits per heavy atom. The molecule has 0 aromatic heterocycles. The molecule has 0 atom stereocenters. The summed E-state index contributed by atoms with van der Waals surface area (Å²) in [6.07, 6.45) is 0. The summed E-state index contributed by atoms with van der Waals surface area (Å²) in [6, 6.07) is 0. The average Bonchev–Trinajstić information content (AvgIpc) is 0.811. The van der Waals surface area contributed by atoms with E-state index < -0.39 is 0 Å². The Balaban J connectivity index is 0. The highest BCUT2D eigenvalue weighted by atomic mass is 16.6. The van der Waals surface area contributed by atoms with Gasteiger partial charge in [0.25, 0.3) is 0 Å². The van der Waals surface area contributed by atoms with Crippen molar-refractivity contribution >= 4 is 0 Å². The molecule has 0 aliphatic heterocycles. The maximum atomic E-state index is 2.58. The van der Waals surface area contributed by atoms with Crippen molar-refractivity contribution in [3.8, 4) is 0 Å². The molecule has 0 fully saturated rings. The Hall–Kier alpha value is -0.0800. The van der Waals surface area contributed by atoms with Crippen LogP contribution >= 0.6 is 0 Å². The van der Waals surface area contributed by atoms with Crippen LogP contribution in [0.4, 0.5) is 0 Å². The van der Waals surface area contributed by atoms with Crippen molar-refractivity contribution in [3.05, 3.63) is 0 Å². The van der Waals surface area contributed by atoms with E-state index >= 15 is 0 Å². The van der Waals surface area contributed by atoms with Crippen molar-refractivity contribution in [2.75, 3.05) is 21.3 Å². The van der Waals surface area contributed by atoms with E-state index in [2.05, 4.69) is 4.37 Å². The zero-order chi connectivity index (χ0) is 3.58. The lowest BCUT2D eigenvalue weighted by Crippen LogP contribution is -1.87. The molecule has 0 aliphatic rings. The molecule has 0 spiro atoms. The van der Waals surface area contributed by atoms with Gasteiger partial charge >= 0.3 is 0 Å². The summed E-state index contributed by atoms with van der Waals surface area (Å²) in [5.74, 6) is 0. The van der Waals surface area contributed by atoms with E-state index in [-0.39, 0.29) is 5.48 Å². The Labute approximate surface area is 32.4 Å². The van der Waals surface area contributed by atoms with Gasteiger partial charge in [-0.25, -0.2) is 0 Å². The largest absolute Gasteiger partial charge is 0.870 e. The molecular formula is C3H10O2. The SMILES string of the molecule is C[O+](C)C.[OH-]. The third kappa shape index (κ3) is 2260. The van der Waals surface area contributed by atoms with E-state index in [1.54, 1.807) is 0 Å². The molecule has 1 N–H and O–H groups in total. The van der Waals surface area contributed by atoms with Gasteiger partial charge < -0.3 is 9.84 Å². The number of hydrogen-bond donors (Lipinski definition) is 0. The molecule has 0 saturated heterocycles. The fraction of sp³-hybridized carbons (Fsp3) is 1.00. The van der Waals surface area contributed by atoms with Crippen LogP contribution in [0.1, 0.15) is 0 Å². The van der Waals surface area contributed by atoms with Crippen molar-refractivity contribution in [2.24, 2.45) is 0 Å². The number of hydrogen-bond acceptors (Lipinski definition) is 1. The van der Waals surface area contributed by atoms with Crippen LogP contribution in [0.25, 0.3) is 0 Å². The first-order chi connectivity index (χ1) is 1.73. The zero-order valence-corrected chi connectivity index (χ0v) is 3.86. The van der Waals surface area contributed by atoms with E-state index in [0.717, 1.165) is 0 Å². The average molecular weight is 78.1 g/mol. The maximum absolute atomic E-state index is 2.58. The lowest BCUT2D eigenvalue weighted by molar-refractivity contribution is -0.00282. The fourth-order valence-corrected chi connectivity index (χ4v) is 0. The molecule has 2 nitrogen and oxygen atoms in total. The zero-order valence-electron chi connectivity index (χ0n) is 3.86. The van der Waals surface area contributed by atoms with Crippen molar-refractivity contribution in [1.82, 2.24) is 0 Å². The van der Waals surface area contributed by atoms with E-state index in [0.29, 0.717) is 0 Å². The Morgan fingerprint density at radius 2 is 1.00 bits per heavy atom. The quantitative estimate of drug-likeness (QED) is 0.382. The molecule has 0 aromatic carbocycles. The summed E-state index contributed by atoms with van der Waals surface area (Å²) >= 11 is 0. The Morgan fingerprint density at radius 3 is 1.00 bits per heavy atom. The molecule has 0 amide bonds. The highest BCUT2D eigenvalue weighted by Gasteiger charge is 1.61. The molecule has 34 valence electrons. The second-order valence-electron chi connectivity index (χ2n) is 1.22. The van der Waals surface area contributed by atoms with Crippen LogP contribution in [0.2, 0.25) is 0 Å². The van der Waals surface area contributed by atoms with Gasteiger partial charge in [0.15, 0.2) is 0 Å². The summed E-state index contributed by atoms with van der Waals surface area (Å²) < 4.78 is 2.58. The van der Waals surface area contributed by atoms with Gasteiger partial charge in [-0.05, 0) is 0 Å². The smallest absolute Gasteiger partial charge is 0.135 e. The summed E-state index contributed by atoms with van der Waals surface area (Å²) in [6.45, 7) is 0. The van der Waals surface area contributed by atoms with E-state index in [9.17, 15) is 0 Å². The van der Waals surface area contributed by atoms with Crippen molar-refractivity contribution in [3.63, 3.8) is 0 Å². The summed E-state index contributed by atoms with van der Waals surface area (Å²) in [5, 5.41) is 0. The van der Waals surface area contributed by atoms with Gasteiger partial charge in [-0.15, -0.1) is 0 Å². The minimum absolute atomic E-state index is 0. The number of rotatable bonds is 0. The lowest BCUT2D eigenvalue weighted by atomic mass is 11.4. The van der Waals surface area contributed by atoms with Gasteiger partial charge in [0.05, 0.1) is 0 Å². The molecular weight excluding hydrogens is 68.0 g/mol. The molecule has 5 heavy (non-hydrogen) atoms. The molecule has 0 saturated carbocycles. The summed E-state index contributed by atoms with van der Waals surface area (Å²) in [5.41, 5.74) is 0. The molecule has 0 heterocycles. The normalized spacial score (nSPS) is 7.20. The first-order valence-corrected chi connectivity index (χ1v) is 1.22. The Bertz CT molecular complexity index is 9.61. The van der Waals surface area contributed by atoms with Crippen LogP contribution in [0.3, 0.4) is 0 Å². The molecule has 0 aromatic rings. The lowest BCUT2D eigenvalue weighted by Gasteiger charge is -1.90. The minimum Gasteiger partial charge on any atom is -0.870 e. The molecule has 2 heteroatoms. The first-order valence-electron chi connectivity index (χ1n) is 1.22. The maximum Gasteiger partial charge on any atom is 0.135 e. The van der Waals surface area contributed by atoms with Gasteiger partial charge in [0.2, 0.25) is 0 Å². The van der Waals surface area contributed by atoms with Gasteiger partial charge in [0, 0.05) is 0 Å². The van der Waals surface area contributed by atoms with Crippen LogP contribution in [-0.4, -0.2) is 26.8 Å². The highest BCUT2D eigenvalue weighted by Crippen LogP contribution is 1.60. The Kier molecular flexibility index (Phi) is 6.95. The van der Waals surface area contributed by atoms with Crippen LogP contribution in [0.5, 0.6) is 0 Å². The predicted molar refractivity (Wildman–Crippen MR) is 20.8 cm³/mol. The van der Waals surface area contributed by atoms with Gasteiger partial charge in [0.1, 0.15) is 21.3 Å². The third-order valence-corrected chi connectivity index (χ3v) is 0. The second kappa shape index (κ2) is 3.92. The van der Waals surface area contributed by atoms with Crippen LogP contribution < -0.4 is 0 Å². The predicted octanol–water partition coefficient (Wildman–Crippen LogP) is 0.251. The third-order valence-electron chi connectivity index (χ3n) is 0. The highest BCUT2D eigenvalue weighted by molar-refractivity contribution is 3.84. The standard InChI is InChI=1S/C3H9O.H2O/c1-4(2)3;/h1-3H3;1H2/q+1;/p-1. The molecule has 0 rings (SSSR count). The molecule has 0 bridgehead atoms.